The van der Waals surface area contributed by atoms with Gasteiger partial charge in [0.2, 0.25) is 0 Å². The molecule has 0 radical (unpaired) electrons. The van der Waals surface area contributed by atoms with Crippen molar-refractivity contribution in [2.75, 3.05) is 25.6 Å². The van der Waals surface area contributed by atoms with Crippen LogP contribution in [0, 0.1) is 0 Å². The number of methoxy groups -OCH3 is 1. The number of benzene rings is 1. The molecule has 5 nitrogen and oxygen atoms in total. The van der Waals surface area contributed by atoms with Crippen LogP contribution in [0.15, 0.2) is 18.2 Å². The molecule has 0 heterocycles. The monoisotopic (exact) mass is 397 g/mol. The molecular formula is C21H32ClNO4. The molecule has 0 bridgehead atoms. The molecule has 1 aromatic rings. The second-order valence-corrected chi connectivity index (χ2v) is 8.12. The summed E-state index contributed by atoms with van der Waals surface area (Å²) in [5.41, 5.74) is -0.293. The van der Waals surface area contributed by atoms with Crippen LogP contribution in [0.5, 0.6) is 5.75 Å². The average molecular weight is 398 g/mol. The Hall–Kier alpha value is -1.30. The molecule has 1 aliphatic rings. The highest BCUT2D eigenvalue weighted by Crippen LogP contribution is 2.35. The number of hydrogen-bond donors (Lipinski definition) is 1. The summed E-state index contributed by atoms with van der Waals surface area (Å²) in [6.45, 7) is 7.16. The normalized spacial score (nSPS) is 16.3. The first-order valence-electron chi connectivity index (χ1n) is 9.75. The maximum Gasteiger partial charge on any atom is 0.256 e. The van der Waals surface area contributed by atoms with E-state index in [2.05, 4.69) is 5.32 Å². The lowest BCUT2D eigenvalue weighted by Gasteiger charge is -2.28. The zero-order valence-corrected chi connectivity index (χ0v) is 17.7. The third-order valence-electron chi connectivity index (χ3n) is 5.11. The van der Waals surface area contributed by atoms with E-state index < -0.39 is 5.60 Å². The average Bonchev–Trinajstić information content (AvgIpc) is 3.12. The minimum atomic E-state index is -0.705. The van der Waals surface area contributed by atoms with Gasteiger partial charge < -0.3 is 19.5 Å². The van der Waals surface area contributed by atoms with Crippen LogP contribution in [0.1, 0.15) is 59.3 Å². The number of hydrogen-bond acceptors (Lipinski definition) is 4. The van der Waals surface area contributed by atoms with E-state index in [1.54, 1.807) is 19.2 Å². The Labute approximate surface area is 167 Å². The Balaban J connectivity index is 1.97. The Morgan fingerprint density at radius 2 is 1.96 bits per heavy atom. The number of halogens is 1. The molecule has 2 rings (SSSR count). The number of carbonyl (C=O) groups excluding carboxylic acids is 1. The van der Waals surface area contributed by atoms with Crippen LogP contribution in [0.25, 0.3) is 0 Å². The molecule has 152 valence electrons. The molecule has 0 aliphatic heterocycles. The number of ether oxygens (including phenoxy) is 3. The molecule has 0 atom stereocenters. The van der Waals surface area contributed by atoms with E-state index >= 15 is 0 Å². The number of carbonyl (C=O) groups is 1. The van der Waals surface area contributed by atoms with Crippen molar-refractivity contribution < 1.29 is 19.0 Å². The molecule has 0 aromatic heterocycles. The van der Waals surface area contributed by atoms with Crippen LogP contribution in [-0.2, 0) is 14.3 Å². The van der Waals surface area contributed by atoms with Crippen molar-refractivity contribution in [1.82, 2.24) is 0 Å². The van der Waals surface area contributed by atoms with E-state index in [-0.39, 0.29) is 11.5 Å². The quantitative estimate of drug-likeness (QED) is 0.588. The molecule has 0 unspecified atom stereocenters. The van der Waals surface area contributed by atoms with Crippen LogP contribution >= 0.6 is 11.6 Å². The lowest BCUT2D eigenvalue weighted by Crippen LogP contribution is -2.43. The summed E-state index contributed by atoms with van der Waals surface area (Å²) in [4.78, 5) is 12.8. The SMILES string of the molecule is CCCOC1(C(=O)Nc2ccc(OCCC(C)(C)OC)c(Cl)c2)CCCC1. The summed E-state index contributed by atoms with van der Waals surface area (Å²) in [6.07, 6.45) is 5.21. The van der Waals surface area contributed by atoms with E-state index in [9.17, 15) is 4.79 Å². The van der Waals surface area contributed by atoms with Gasteiger partial charge in [0.25, 0.3) is 5.91 Å². The van der Waals surface area contributed by atoms with E-state index in [1.165, 1.54) is 0 Å². The number of anilines is 1. The van der Waals surface area contributed by atoms with Crippen LogP contribution in [0.3, 0.4) is 0 Å². The summed E-state index contributed by atoms with van der Waals surface area (Å²) in [6, 6.07) is 5.31. The van der Waals surface area contributed by atoms with Gasteiger partial charge >= 0.3 is 0 Å². The molecule has 1 aromatic carbocycles. The van der Waals surface area contributed by atoms with Crippen LogP contribution in [0.2, 0.25) is 5.02 Å². The molecule has 1 aliphatic carbocycles. The molecule has 1 saturated carbocycles. The van der Waals surface area contributed by atoms with Crippen molar-refractivity contribution in [3.63, 3.8) is 0 Å². The molecule has 6 heteroatoms. The first-order valence-corrected chi connectivity index (χ1v) is 10.1. The molecule has 0 spiro atoms. The second-order valence-electron chi connectivity index (χ2n) is 7.71. The second kappa shape index (κ2) is 9.76. The van der Waals surface area contributed by atoms with Crippen molar-refractivity contribution in [3.05, 3.63) is 23.2 Å². The van der Waals surface area contributed by atoms with Gasteiger partial charge in [-0.1, -0.05) is 18.5 Å². The lowest BCUT2D eigenvalue weighted by atomic mass is 10.0. The van der Waals surface area contributed by atoms with Crippen molar-refractivity contribution in [2.45, 2.75) is 70.5 Å². The fourth-order valence-corrected chi connectivity index (χ4v) is 3.37. The summed E-state index contributed by atoms with van der Waals surface area (Å²) >= 11 is 6.34. The topological polar surface area (TPSA) is 56.8 Å². The van der Waals surface area contributed by atoms with Gasteiger partial charge in [0.05, 0.1) is 17.2 Å². The highest BCUT2D eigenvalue weighted by molar-refractivity contribution is 6.32. The van der Waals surface area contributed by atoms with Gasteiger partial charge in [-0.3, -0.25) is 4.79 Å². The molecule has 1 fully saturated rings. The highest BCUT2D eigenvalue weighted by Gasteiger charge is 2.42. The van der Waals surface area contributed by atoms with Crippen LogP contribution in [-0.4, -0.2) is 37.4 Å². The fourth-order valence-electron chi connectivity index (χ4n) is 3.13. The zero-order chi connectivity index (χ0) is 19.9. The lowest BCUT2D eigenvalue weighted by molar-refractivity contribution is -0.140. The van der Waals surface area contributed by atoms with Gasteiger partial charge in [0.1, 0.15) is 11.4 Å². The van der Waals surface area contributed by atoms with Crippen molar-refractivity contribution in [3.8, 4) is 5.75 Å². The predicted octanol–water partition coefficient (Wildman–Crippen LogP) is 5.21. The Bertz CT molecular complexity index is 627. The highest BCUT2D eigenvalue weighted by atomic mass is 35.5. The number of nitrogens with one attached hydrogen (secondary N) is 1. The summed E-state index contributed by atoms with van der Waals surface area (Å²) < 4.78 is 17.1. The van der Waals surface area contributed by atoms with Gasteiger partial charge in [-0.2, -0.15) is 0 Å². The Morgan fingerprint density at radius 1 is 1.26 bits per heavy atom. The molecule has 0 saturated heterocycles. The smallest absolute Gasteiger partial charge is 0.256 e. The van der Waals surface area contributed by atoms with Crippen LogP contribution in [0.4, 0.5) is 5.69 Å². The fraction of sp³-hybridized carbons (Fsp3) is 0.667. The van der Waals surface area contributed by atoms with Gasteiger partial charge in [0, 0.05) is 25.8 Å². The third kappa shape index (κ3) is 6.09. The summed E-state index contributed by atoms with van der Waals surface area (Å²) in [5, 5.41) is 3.44. The standard InChI is InChI=1S/C21H32ClNO4/c1-5-13-27-21(10-6-7-11-21)19(24)23-16-8-9-18(17(22)15-16)26-14-12-20(2,3)25-4/h8-9,15H,5-7,10-14H2,1-4H3,(H,23,24). The van der Waals surface area contributed by atoms with E-state index in [1.807, 2.05) is 26.8 Å². The first-order chi connectivity index (χ1) is 12.8. The predicted molar refractivity (Wildman–Crippen MR) is 109 cm³/mol. The number of amides is 1. The third-order valence-corrected chi connectivity index (χ3v) is 5.41. The molecular weight excluding hydrogens is 366 g/mol. The largest absolute Gasteiger partial charge is 0.492 e. The van der Waals surface area contributed by atoms with Gasteiger partial charge in [-0.25, -0.2) is 0 Å². The Morgan fingerprint density at radius 3 is 2.56 bits per heavy atom. The van der Waals surface area contributed by atoms with Crippen LogP contribution < -0.4 is 10.1 Å². The summed E-state index contributed by atoms with van der Waals surface area (Å²) in [7, 11) is 1.69. The minimum Gasteiger partial charge on any atom is -0.492 e. The van der Waals surface area contributed by atoms with Gasteiger partial charge in [-0.05, 0) is 64.2 Å². The van der Waals surface area contributed by atoms with E-state index in [4.69, 9.17) is 25.8 Å². The number of rotatable bonds is 10. The molecule has 1 amide bonds. The molecule has 27 heavy (non-hydrogen) atoms. The van der Waals surface area contributed by atoms with Crippen molar-refractivity contribution >= 4 is 23.2 Å². The van der Waals surface area contributed by atoms with Gasteiger partial charge in [-0.15, -0.1) is 0 Å². The van der Waals surface area contributed by atoms with Gasteiger partial charge in [0.15, 0.2) is 0 Å². The summed E-state index contributed by atoms with van der Waals surface area (Å²) in [5.74, 6) is 0.513. The maximum absolute atomic E-state index is 12.8. The Kier molecular flexibility index (Phi) is 7.95. The van der Waals surface area contributed by atoms with E-state index in [0.29, 0.717) is 29.7 Å². The minimum absolute atomic E-state index is 0.0833. The zero-order valence-electron chi connectivity index (χ0n) is 16.9. The first kappa shape index (κ1) is 22.0. The van der Waals surface area contributed by atoms with Crippen molar-refractivity contribution in [2.24, 2.45) is 0 Å². The maximum atomic E-state index is 12.8. The van der Waals surface area contributed by atoms with E-state index in [0.717, 1.165) is 38.5 Å². The molecule has 1 N–H and O–H groups in total. The van der Waals surface area contributed by atoms with Crippen molar-refractivity contribution in [1.29, 1.82) is 0 Å².